The molecule has 2 heterocycles. The van der Waals surface area contributed by atoms with Gasteiger partial charge in [0.25, 0.3) is 0 Å². The Kier molecular flexibility index (Phi) is 5.64. The Morgan fingerprint density at radius 3 is 2.52 bits per heavy atom. The molecule has 156 valence electrons. The first kappa shape index (κ1) is 20.0. The first-order valence-electron chi connectivity index (χ1n) is 9.87. The lowest BCUT2D eigenvalue weighted by atomic mass is 9.89. The predicted molar refractivity (Wildman–Crippen MR) is 102 cm³/mol. The lowest BCUT2D eigenvalue weighted by molar-refractivity contribution is -0.119. The third-order valence-electron chi connectivity index (χ3n) is 5.55. The Hall–Kier alpha value is -2.33. The van der Waals surface area contributed by atoms with E-state index in [4.69, 9.17) is 4.42 Å². The van der Waals surface area contributed by atoms with Crippen molar-refractivity contribution in [3.8, 4) is 0 Å². The topological polar surface area (TPSA) is 105 Å². The zero-order chi connectivity index (χ0) is 20.4. The van der Waals surface area contributed by atoms with E-state index >= 15 is 0 Å². The molecule has 0 spiro atoms. The van der Waals surface area contributed by atoms with Crippen LogP contribution in [0.25, 0.3) is 0 Å². The number of aromatic nitrogens is 2. The monoisotopic (exact) mass is 422 g/mol. The van der Waals surface area contributed by atoms with E-state index < -0.39 is 27.8 Å². The second-order valence-electron chi connectivity index (χ2n) is 7.50. The van der Waals surface area contributed by atoms with Gasteiger partial charge in [0.15, 0.2) is 0 Å². The van der Waals surface area contributed by atoms with Crippen molar-refractivity contribution in [1.82, 2.24) is 14.5 Å². The molecule has 1 aliphatic carbocycles. The molecule has 1 atom stereocenters. The minimum atomic E-state index is -3.91. The molecule has 8 nitrogen and oxygen atoms in total. The smallest absolute Gasteiger partial charge is 0.322 e. The van der Waals surface area contributed by atoms with E-state index in [0.717, 1.165) is 42.1 Å². The maximum atomic E-state index is 13.1. The van der Waals surface area contributed by atoms with Crippen molar-refractivity contribution in [2.24, 2.45) is 0 Å². The van der Waals surface area contributed by atoms with E-state index in [9.17, 15) is 17.6 Å². The van der Waals surface area contributed by atoms with Gasteiger partial charge in [-0.05, 0) is 49.9 Å². The van der Waals surface area contributed by atoms with E-state index in [-0.39, 0.29) is 23.4 Å². The zero-order valence-electron chi connectivity index (χ0n) is 15.9. The summed E-state index contributed by atoms with van der Waals surface area (Å²) in [6.07, 6.45) is 6.35. The van der Waals surface area contributed by atoms with E-state index in [0.29, 0.717) is 18.7 Å². The van der Waals surface area contributed by atoms with Crippen LogP contribution in [0.4, 0.5) is 10.4 Å². The molecule has 1 aliphatic heterocycles. The largest absolute Gasteiger partial charge is 0.408 e. The molecule has 2 aliphatic rings. The van der Waals surface area contributed by atoms with Gasteiger partial charge in [0.1, 0.15) is 11.9 Å². The quantitative estimate of drug-likeness (QED) is 0.794. The van der Waals surface area contributed by atoms with Gasteiger partial charge < -0.3 is 4.42 Å². The van der Waals surface area contributed by atoms with Gasteiger partial charge in [0, 0.05) is 12.5 Å². The molecule has 1 amide bonds. The van der Waals surface area contributed by atoms with Crippen LogP contribution in [0.5, 0.6) is 0 Å². The van der Waals surface area contributed by atoms with Crippen LogP contribution in [0.3, 0.4) is 0 Å². The number of nitrogens with one attached hydrogen (secondary N) is 1. The van der Waals surface area contributed by atoms with E-state index in [1.165, 1.54) is 18.6 Å². The van der Waals surface area contributed by atoms with Crippen molar-refractivity contribution in [3.05, 3.63) is 36.0 Å². The Morgan fingerprint density at radius 1 is 1.07 bits per heavy atom. The van der Waals surface area contributed by atoms with Gasteiger partial charge in [-0.15, -0.1) is 5.10 Å². The van der Waals surface area contributed by atoms with Crippen molar-refractivity contribution in [3.63, 3.8) is 0 Å². The maximum absolute atomic E-state index is 13.1. The summed E-state index contributed by atoms with van der Waals surface area (Å²) in [5, 5.41) is 10.5. The molecule has 29 heavy (non-hydrogen) atoms. The number of halogens is 1. The summed E-state index contributed by atoms with van der Waals surface area (Å²) < 4.78 is 45.7. The molecule has 2 fully saturated rings. The number of benzene rings is 1. The number of amides is 1. The number of carbonyl (C=O) groups is 1. The number of nitrogens with zero attached hydrogens (tertiary/aromatic N) is 3. The number of sulfonamides is 1. The first-order valence-corrected chi connectivity index (χ1v) is 11.3. The number of anilines is 1. The summed E-state index contributed by atoms with van der Waals surface area (Å²) in [7, 11) is -3.91. The maximum Gasteiger partial charge on any atom is 0.322 e. The molecule has 1 saturated carbocycles. The predicted octanol–water partition coefficient (Wildman–Crippen LogP) is 3.05. The van der Waals surface area contributed by atoms with Crippen LogP contribution in [0.1, 0.15) is 56.8 Å². The van der Waals surface area contributed by atoms with Gasteiger partial charge in [-0.2, -0.15) is 4.31 Å². The van der Waals surface area contributed by atoms with Crippen LogP contribution >= 0.6 is 0 Å². The Morgan fingerprint density at radius 2 is 1.79 bits per heavy atom. The lowest BCUT2D eigenvalue weighted by Crippen LogP contribution is -2.43. The number of hydrogen-bond acceptors (Lipinski definition) is 6. The van der Waals surface area contributed by atoms with Crippen LogP contribution in [-0.2, 0) is 14.8 Å². The lowest BCUT2D eigenvalue weighted by Gasteiger charge is -2.22. The Labute approximate surface area is 168 Å². The minimum Gasteiger partial charge on any atom is -0.408 e. The standard InChI is InChI=1S/C19H23FN4O4S/c20-14-8-10-15(11-9-14)29(26,27)24-12-4-7-16(24)17(25)21-19-23-22-18(28-19)13-5-2-1-3-6-13/h8-11,13,16H,1-7,12H2,(H,21,23,25)/t16-/m0/s1. The zero-order valence-corrected chi connectivity index (χ0v) is 16.7. The first-order chi connectivity index (χ1) is 13.9. The summed E-state index contributed by atoms with van der Waals surface area (Å²) in [6, 6.07) is 3.68. The Bertz CT molecular complexity index is 970. The average molecular weight is 422 g/mol. The number of hydrogen-bond donors (Lipinski definition) is 1. The van der Waals surface area contributed by atoms with Crippen LogP contribution in [0.2, 0.25) is 0 Å². The molecule has 0 bridgehead atoms. The van der Waals surface area contributed by atoms with Gasteiger partial charge in [0.2, 0.25) is 21.8 Å². The molecule has 0 unspecified atom stereocenters. The summed E-state index contributed by atoms with van der Waals surface area (Å²) in [6.45, 7) is 0.217. The normalized spacial score (nSPS) is 21.3. The van der Waals surface area contributed by atoms with Crippen LogP contribution in [0, 0.1) is 5.82 Å². The van der Waals surface area contributed by atoms with Crippen LogP contribution in [0.15, 0.2) is 33.6 Å². The van der Waals surface area contributed by atoms with Gasteiger partial charge in [0.05, 0.1) is 4.90 Å². The highest BCUT2D eigenvalue weighted by Gasteiger charge is 2.40. The van der Waals surface area contributed by atoms with E-state index in [2.05, 4.69) is 15.5 Å². The molecule has 1 N–H and O–H groups in total. The number of carbonyl (C=O) groups excluding carboxylic acids is 1. The molecule has 2 aromatic rings. The Balaban J connectivity index is 1.46. The van der Waals surface area contributed by atoms with E-state index in [1.807, 2.05) is 0 Å². The minimum absolute atomic E-state index is 0.0124. The van der Waals surface area contributed by atoms with Crippen molar-refractivity contribution in [2.45, 2.75) is 61.8 Å². The second kappa shape index (κ2) is 8.19. The highest BCUT2D eigenvalue weighted by Crippen LogP contribution is 2.32. The summed E-state index contributed by atoms with van der Waals surface area (Å²) >= 11 is 0. The molecule has 10 heteroatoms. The highest BCUT2D eigenvalue weighted by molar-refractivity contribution is 7.89. The van der Waals surface area contributed by atoms with Gasteiger partial charge in [-0.3, -0.25) is 10.1 Å². The molecule has 1 aromatic carbocycles. The average Bonchev–Trinajstić information content (AvgIpc) is 3.39. The molecule has 1 saturated heterocycles. The van der Waals surface area contributed by atoms with Gasteiger partial charge >= 0.3 is 6.01 Å². The van der Waals surface area contributed by atoms with Crippen LogP contribution in [-0.4, -0.2) is 41.4 Å². The third kappa shape index (κ3) is 4.18. The van der Waals surface area contributed by atoms with Crippen molar-refractivity contribution in [1.29, 1.82) is 0 Å². The summed E-state index contributed by atoms with van der Waals surface area (Å²) in [5.74, 6) is -0.303. The molecule has 4 rings (SSSR count). The SMILES string of the molecule is O=C(Nc1nnc(C2CCCCC2)o1)[C@@H]1CCCN1S(=O)(=O)c1ccc(F)cc1. The third-order valence-corrected chi connectivity index (χ3v) is 7.47. The summed E-state index contributed by atoms with van der Waals surface area (Å²) in [5.41, 5.74) is 0. The highest BCUT2D eigenvalue weighted by atomic mass is 32.2. The van der Waals surface area contributed by atoms with Crippen LogP contribution < -0.4 is 5.32 Å². The fourth-order valence-electron chi connectivity index (χ4n) is 4.02. The van der Waals surface area contributed by atoms with E-state index in [1.54, 1.807) is 0 Å². The molecule has 0 radical (unpaired) electrons. The number of rotatable bonds is 5. The summed E-state index contributed by atoms with van der Waals surface area (Å²) in [4.78, 5) is 12.7. The second-order valence-corrected chi connectivity index (χ2v) is 9.39. The van der Waals surface area contributed by atoms with Crippen molar-refractivity contribution < 1.29 is 22.0 Å². The molecule has 1 aromatic heterocycles. The van der Waals surface area contributed by atoms with Crippen molar-refractivity contribution >= 4 is 21.9 Å². The van der Waals surface area contributed by atoms with Gasteiger partial charge in [-0.1, -0.05) is 24.4 Å². The van der Waals surface area contributed by atoms with Gasteiger partial charge in [-0.25, -0.2) is 12.8 Å². The van der Waals surface area contributed by atoms with Crippen molar-refractivity contribution in [2.75, 3.05) is 11.9 Å². The molecular weight excluding hydrogens is 399 g/mol. The fraction of sp³-hybridized carbons (Fsp3) is 0.526. The molecular formula is C19H23FN4O4S. The fourth-order valence-corrected chi connectivity index (χ4v) is 5.68.